The fourth-order valence-corrected chi connectivity index (χ4v) is 9.44. The molecule has 7 rings (SSSR count). The van der Waals surface area contributed by atoms with Gasteiger partial charge >= 0.3 is 6.48 Å². The fraction of sp³-hybridized carbons (Fsp3) is 0.696. The molecule has 0 radical (unpaired) electrons. The van der Waals surface area contributed by atoms with E-state index in [2.05, 4.69) is 39.6 Å². The van der Waals surface area contributed by atoms with Crippen LogP contribution >= 0.6 is 0 Å². The summed E-state index contributed by atoms with van der Waals surface area (Å²) in [5.74, 6) is 3.12. The van der Waals surface area contributed by atoms with Gasteiger partial charge in [0.15, 0.2) is 0 Å². The second-order valence-electron chi connectivity index (χ2n) is 11.0. The standard InChI is InChI=1S/C23H33B2N2O/c1-2-16-23-18(7-1)17-26-24(19-8-3-9-20(24)11-4-10-19)28-25(27(23)26)21-12-5-13-22(25)15-6-14-21/h1-2,7,16-17,19-22H,3-6,8-15H2/q-1. The highest BCUT2D eigenvalue weighted by atomic mass is 16.5. The number of aromatic nitrogens is 2. The Morgan fingerprint density at radius 2 is 1.29 bits per heavy atom. The first-order chi connectivity index (χ1) is 13.8. The maximum atomic E-state index is 7.82. The van der Waals surface area contributed by atoms with Crippen LogP contribution in [-0.4, -0.2) is 17.6 Å². The molecule has 1 aromatic carbocycles. The molecule has 148 valence electrons. The highest BCUT2D eigenvalue weighted by Gasteiger charge is 2.65. The lowest BCUT2D eigenvalue weighted by Gasteiger charge is -2.60. The molecule has 2 spiro atoms. The molecule has 5 heteroatoms. The van der Waals surface area contributed by atoms with Crippen LogP contribution in [0.5, 0.6) is 0 Å². The summed E-state index contributed by atoms with van der Waals surface area (Å²) >= 11 is 0. The molecule has 4 bridgehead atoms. The molecule has 0 unspecified atom stereocenters. The van der Waals surface area contributed by atoms with Crippen molar-refractivity contribution in [2.75, 3.05) is 0 Å². The van der Waals surface area contributed by atoms with Crippen molar-refractivity contribution in [2.45, 2.75) is 100 Å². The Bertz CT molecular complexity index is 896. The maximum Gasteiger partial charge on any atom is 0.391 e. The highest BCUT2D eigenvalue weighted by molar-refractivity contribution is 6.88. The third-order valence-corrected chi connectivity index (χ3v) is 10.2. The Morgan fingerprint density at radius 1 is 0.750 bits per heavy atom. The normalized spacial score (nSPS) is 44.3. The van der Waals surface area contributed by atoms with Crippen LogP contribution in [0.4, 0.5) is 0 Å². The molecule has 0 saturated carbocycles. The summed E-state index contributed by atoms with van der Waals surface area (Å²) in [6.07, 6.45) is 19.4. The Hall–Kier alpha value is -1.22. The number of fused-ring (bicyclic) bond motifs is 3. The van der Waals surface area contributed by atoms with E-state index in [9.17, 15) is 0 Å². The summed E-state index contributed by atoms with van der Waals surface area (Å²) in [5, 5.41) is 1.44. The van der Waals surface area contributed by atoms with E-state index in [1.165, 1.54) is 88.0 Å². The minimum Gasteiger partial charge on any atom is -0.738 e. The van der Waals surface area contributed by atoms with Crippen LogP contribution < -0.4 is 4.59 Å². The van der Waals surface area contributed by atoms with Crippen LogP contribution in [0, 0.1) is 0 Å². The maximum absolute atomic E-state index is 7.82. The van der Waals surface area contributed by atoms with E-state index in [1.807, 2.05) is 0 Å². The second kappa shape index (κ2) is 5.68. The first-order valence-electron chi connectivity index (χ1n) is 12.4. The first-order valence-corrected chi connectivity index (χ1v) is 12.4. The van der Waals surface area contributed by atoms with Crippen molar-refractivity contribution in [1.29, 1.82) is 0 Å². The molecular formula is C23H33B2N2O-. The molecule has 5 aliphatic rings. The monoisotopic (exact) mass is 375 g/mol. The number of hydrogen-bond acceptors (Lipinski definition) is 1. The van der Waals surface area contributed by atoms with Crippen LogP contribution in [0.2, 0.25) is 23.3 Å². The lowest BCUT2D eigenvalue weighted by Crippen LogP contribution is -2.71. The van der Waals surface area contributed by atoms with Crippen LogP contribution in [-0.2, 0) is 4.57 Å². The van der Waals surface area contributed by atoms with Crippen LogP contribution in [0.15, 0.2) is 30.5 Å². The minimum absolute atomic E-state index is 0.776. The number of hydrogen-bond donors (Lipinski definition) is 0. The molecule has 2 aromatic rings. The third kappa shape index (κ3) is 1.82. The Morgan fingerprint density at radius 3 is 1.89 bits per heavy atom. The zero-order valence-corrected chi connectivity index (χ0v) is 17.1. The van der Waals surface area contributed by atoms with Gasteiger partial charge in [-0.2, -0.15) is 0 Å². The topological polar surface area (TPSA) is 18.0 Å². The lowest BCUT2D eigenvalue weighted by molar-refractivity contribution is -0.626. The predicted molar refractivity (Wildman–Crippen MR) is 116 cm³/mol. The van der Waals surface area contributed by atoms with Crippen molar-refractivity contribution in [2.24, 2.45) is 0 Å². The summed E-state index contributed by atoms with van der Waals surface area (Å²) in [4.78, 5) is 0. The van der Waals surface area contributed by atoms with E-state index in [1.54, 1.807) is 0 Å². The van der Waals surface area contributed by atoms with Crippen molar-refractivity contribution >= 4 is 23.9 Å². The molecule has 1 aromatic heterocycles. The SMILES string of the molecule is c1ccc2c(c1)c[n+]1n2[B-]2(O[B-]13C1CCCC3CCC1)C1CCCC2CCC1. The van der Waals surface area contributed by atoms with Crippen molar-refractivity contribution in [3.05, 3.63) is 30.5 Å². The van der Waals surface area contributed by atoms with E-state index in [0.717, 1.165) is 23.3 Å². The second-order valence-corrected chi connectivity index (χ2v) is 11.0. The molecule has 0 N–H and O–H groups in total. The molecule has 4 saturated heterocycles. The van der Waals surface area contributed by atoms with Crippen LogP contribution in [0.1, 0.15) is 77.0 Å². The zero-order valence-electron chi connectivity index (χ0n) is 17.1. The molecule has 0 aliphatic carbocycles. The van der Waals surface area contributed by atoms with Crippen molar-refractivity contribution in [3.63, 3.8) is 0 Å². The van der Waals surface area contributed by atoms with Gasteiger partial charge in [0.2, 0.25) is 6.48 Å². The van der Waals surface area contributed by atoms with Crippen molar-refractivity contribution < 1.29 is 9.16 Å². The number of nitrogens with zero attached hydrogens (tertiary/aromatic N) is 2. The summed E-state index contributed by atoms with van der Waals surface area (Å²) < 4.78 is 13.4. The van der Waals surface area contributed by atoms with Gasteiger partial charge in [0.1, 0.15) is 6.20 Å². The van der Waals surface area contributed by atoms with Gasteiger partial charge in [-0.25, -0.2) is 0 Å². The molecule has 0 amide bonds. The smallest absolute Gasteiger partial charge is 0.391 e. The van der Waals surface area contributed by atoms with Gasteiger partial charge in [0.05, 0.1) is 10.9 Å². The Labute approximate surface area is 168 Å². The summed E-state index contributed by atoms with van der Waals surface area (Å²) in [5.41, 5.74) is 1.46. The van der Waals surface area contributed by atoms with Crippen LogP contribution in [0.25, 0.3) is 10.9 Å². The van der Waals surface area contributed by atoms with Gasteiger partial charge < -0.3 is 13.8 Å². The van der Waals surface area contributed by atoms with E-state index in [4.69, 9.17) is 4.57 Å². The summed E-state index contributed by atoms with van der Waals surface area (Å²) in [7, 11) is 0. The van der Waals surface area contributed by atoms with Gasteiger partial charge in [-0.3, -0.25) is 0 Å². The number of benzene rings is 1. The first kappa shape index (κ1) is 16.6. The van der Waals surface area contributed by atoms with Gasteiger partial charge in [0, 0.05) is 0 Å². The van der Waals surface area contributed by atoms with Crippen molar-refractivity contribution in [3.8, 4) is 0 Å². The molecule has 28 heavy (non-hydrogen) atoms. The molecule has 4 fully saturated rings. The van der Waals surface area contributed by atoms with Gasteiger partial charge in [-0.15, -0.1) is 11.6 Å². The quantitative estimate of drug-likeness (QED) is 0.536. The summed E-state index contributed by atoms with van der Waals surface area (Å²) in [6, 6.07) is 9.20. The highest BCUT2D eigenvalue weighted by Crippen LogP contribution is 2.61. The van der Waals surface area contributed by atoms with Gasteiger partial charge in [0.25, 0.3) is 0 Å². The van der Waals surface area contributed by atoms with Gasteiger partial charge in [-0.05, 0) is 12.1 Å². The number of rotatable bonds is 0. The average molecular weight is 375 g/mol. The van der Waals surface area contributed by atoms with Crippen LogP contribution in [0.3, 0.4) is 0 Å². The van der Waals surface area contributed by atoms with E-state index in [-0.39, 0.29) is 0 Å². The molecule has 3 nitrogen and oxygen atoms in total. The summed E-state index contributed by atoms with van der Waals surface area (Å²) in [6.45, 7) is -1.85. The van der Waals surface area contributed by atoms with E-state index in [0.29, 0.717) is 0 Å². The lowest BCUT2D eigenvalue weighted by atomic mass is 9.23. The Kier molecular flexibility index (Phi) is 3.36. The largest absolute Gasteiger partial charge is 0.738 e. The van der Waals surface area contributed by atoms with E-state index < -0.39 is 13.0 Å². The Balaban J connectivity index is 1.54. The molecule has 6 heterocycles. The third-order valence-electron chi connectivity index (χ3n) is 10.2. The fourth-order valence-electron chi connectivity index (χ4n) is 9.44. The van der Waals surface area contributed by atoms with Gasteiger partial charge in [-0.1, -0.05) is 101 Å². The molecular weight excluding hydrogens is 342 g/mol. The van der Waals surface area contributed by atoms with Crippen molar-refractivity contribution in [1.82, 2.24) is 4.59 Å². The predicted octanol–water partition coefficient (Wildman–Crippen LogP) is 5.76. The average Bonchev–Trinajstić information content (AvgIpc) is 3.18. The number of para-hydroxylation sites is 1. The van der Waals surface area contributed by atoms with E-state index >= 15 is 0 Å². The molecule has 0 atom stereocenters. The minimum atomic E-state index is -0.935. The molecule has 5 aliphatic heterocycles. The zero-order chi connectivity index (χ0) is 18.3.